The number of methoxy groups -OCH3 is 1. The van der Waals surface area contributed by atoms with Crippen LogP contribution in [0.25, 0.3) is 0 Å². The Morgan fingerprint density at radius 1 is 1.11 bits per heavy atom. The average molecular weight is 378 g/mol. The average Bonchev–Trinajstić information content (AvgIpc) is 3.15. The first-order valence-corrected chi connectivity index (χ1v) is 9.34. The van der Waals surface area contributed by atoms with E-state index in [1.165, 1.54) is 11.1 Å². The molecule has 1 aromatic heterocycles. The first kappa shape index (κ1) is 19.5. The molecule has 0 unspecified atom stereocenters. The first-order chi connectivity index (χ1) is 13.6. The molecule has 146 valence electrons. The molecule has 0 fully saturated rings. The molecule has 0 bridgehead atoms. The smallest absolute Gasteiger partial charge is 0.315 e. The maximum Gasteiger partial charge on any atom is 0.315 e. The molecule has 2 amide bonds. The summed E-state index contributed by atoms with van der Waals surface area (Å²) in [6, 6.07) is 16.0. The van der Waals surface area contributed by atoms with Gasteiger partial charge in [-0.25, -0.2) is 4.79 Å². The number of nitrogens with zero attached hydrogens (tertiary/aromatic N) is 2. The highest BCUT2D eigenvalue weighted by Gasteiger charge is 2.06. The Kier molecular flexibility index (Phi) is 6.68. The van der Waals surface area contributed by atoms with Gasteiger partial charge in [-0.15, -0.1) is 0 Å². The zero-order valence-corrected chi connectivity index (χ0v) is 16.3. The third kappa shape index (κ3) is 5.61. The van der Waals surface area contributed by atoms with Crippen molar-refractivity contribution in [2.24, 2.45) is 0 Å². The van der Waals surface area contributed by atoms with E-state index in [1.807, 2.05) is 48.1 Å². The van der Waals surface area contributed by atoms with Crippen molar-refractivity contribution in [1.29, 1.82) is 0 Å². The first-order valence-electron chi connectivity index (χ1n) is 9.34. The molecule has 0 aliphatic carbocycles. The molecule has 6 nitrogen and oxygen atoms in total. The Morgan fingerprint density at radius 2 is 1.93 bits per heavy atom. The van der Waals surface area contributed by atoms with Gasteiger partial charge in [0, 0.05) is 24.8 Å². The van der Waals surface area contributed by atoms with E-state index >= 15 is 0 Å². The number of carbonyl (C=O) groups is 1. The Bertz CT molecular complexity index is 906. The van der Waals surface area contributed by atoms with Crippen molar-refractivity contribution in [3.63, 3.8) is 0 Å². The molecule has 0 radical (unpaired) electrons. The number of carbonyl (C=O) groups excluding carboxylic acids is 1. The molecule has 0 aliphatic heterocycles. The van der Waals surface area contributed by atoms with Crippen molar-refractivity contribution in [1.82, 2.24) is 20.4 Å². The van der Waals surface area contributed by atoms with Gasteiger partial charge in [0.15, 0.2) is 0 Å². The summed E-state index contributed by atoms with van der Waals surface area (Å²) >= 11 is 0. The van der Waals surface area contributed by atoms with Crippen LogP contribution in [0.4, 0.5) is 4.79 Å². The quantitative estimate of drug-likeness (QED) is 0.632. The fourth-order valence-electron chi connectivity index (χ4n) is 3.01. The highest BCUT2D eigenvalue weighted by atomic mass is 16.5. The van der Waals surface area contributed by atoms with Gasteiger partial charge >= 0.3 is 6.03 Å². The van der Waals surface area contributed by atoms with E-state index < -0.39 is 0 Å². The van der Waals surface area contributed by atoms with Gasteiger partial charge in [0.1, 0.15) is 5.75 Å². The van der Waals surface area contributed by atoms with E-state index in [4.69, 9.17) is 4.74 Å². The van der Waals surface area contributed by atoms with Crippen LogP contribution in [0.2, 0.25) is 0 Å². The van der Waals surface area contributed by atoms with Crippen molar-refractivity contribution in [3.8, 4) is 5.75 Å². The van der Waals surface area contributed by atoms with Crippen molar-refractivity contribution in [2.45, 2.75) is 26.4 Å². The number of nitrogens with one attached hydrogen (secondary N) is 2. The lowest BCUT2D eigenvalue weighted by Gasteiger charge is -2.10. The third-order valence-corrected chi connectivity index (χ3v) is 4.44. The highest BCUT2D eigenvalue weighted by molar-refractivity contribution is 5.73. The molecule has 0 atom stereocenters. The maximum absolute atomic E-state index is 12.0. The van der Waals surface area contributed by atoms with E-state index in [0.717, 1.165) is 16.9 Å². The van der Waals surface area contributed by atoms with Crippen LogP contribution in [-0.4, -0.2) is 29.5 Å². The van der Waals surface area contributed by atoms with Gasteiger partial charge < -0.3 is 15.4 Å². The second kappa shape index (κ2) is 9.60. The van der Waals surface area contributed by atoms with E-state index in [9.17, 15) is 4.79 Å². The number of amides is 2. The number of aromatic nitrogens is 2. The molecule has 1 heterocycles. The Labute approximate surface area is 165 Å². The summed E-state index contributed by atoms with van der Waals surface area (Å²) in [7, 11) is 1.66. The summed E-state index contributed by atoms with van der Waals surface area (Å²) in [5.74, 6) is 0.846. The van der Waals surface area contributed by atoms with Crippen LogP contribution in [0.15, 0.2) is 60.9 Å². The lowest BCUT2D eigenvalue weighted by molar-refractivity contribution is 0.240. The lowest BCUT2D eigenvalue weighted by atomic mass is 10.1. The van der Waals surface area contributed by atoms with Crippen molar-refractivity contribution >= 4 is 6.03 Å². The van der Waals surface area contributed by atoms with Gasteiger partial charge in [-0.1, -0.05) is 48.0 Å². The second-order valence-corrected chi connectivity index (χ2v) is 6.71. The predicted octanol–water partition coefficient (Wildman–Crippen LogP) is 3.29. The normalized spacial score (nSPS) is 10.5. The van der Waals surface area contributed by atoms with Crippen LogP contribution >= 0.6 is 0 Å². The van der Waals surface area contributed by atoms with E-state index in [-0.39, 0.29) is 6.03 Å². The number of ether oxygens (including phenoxy) is 1. The molecule has 2 N–H and O–H groups in total. The van der Waals surface area contributed by atoms with Gasteiger partial charge in [-0.2, -0.15) is 5.10 Å². The maximum atomic E-state index is 12.0. The number of hydrogen-bond acceptors (Lipinski definition) is 3. The van der Waals surface area contributed by atoms with Crippen molar-refractivity contribution in [2.75, 3.05) is 13.7 Å². The molecule has 0 aliphatic rings. The molecule has 2 aromatic carbocycles. The van der Waals surface area contributed by atoms with E-state index in [0.29, 0.717) is 26.1 Å². The summed E-state index contributed by atoms with van der Waals surface area (Å²) in [5.41, 5.74) is 4.42. The molecule has 6 heteroatoms. The third-order valence-electron chi connectivity index (χ3n) is 4.44. The fourth-order valence-corrected chi connectivity index (χ4v) is 3.01. The van der Waals surface area contributed by atoms with Crippen LogP contribution in [0.5, 0.6) is 5.75 Å². The van der Waals surface area contributed by atoms with E-state index in [1.54, 1.807) is 13.3 Å². The highest BCUT2D eigenvalue weighted by Crippen LogP contribution is 2.19. The topological polar surface area (TPSA) is 68.2 Å². The Balaban J connectivity index is 1.42. The predicted molar refractivity (Wildman–Crippen MR) is 109 cm³/mol. The SMILES string of the molecule is COc1ccc(C)cc1CCNC(=O)NCc1cnn(Cc2ccccc2)c1. The van der Waals surface area contributed by atoms with E-state index in [2.05, 4.69) is 33.9 Å². The fraction of sp³-hybridized carbons (Fsp3) is 0.273. The number of benzene rings is 2. The van der Waals surface area contributed by atoms with Crippen molar-refractivity contribution < 1.29 is 9.53 Å². The molecule has 0 spiro atoms. The number of hydrogen-bond donors (Lipinski definition) is 2. The number of rotatable bonds is 8. The van der Waals surface area contributed by atoms with Crippen LogP contribution in [0, 0.1) is 6.92 Å². The number of urea groups is 1. The Hall–Kier alpha value is -3.28. The molecule has 0 saturated heterocycles. The van der Waals surface area contributed by atoms with Crippen LogP contribution < -0.4 is 15.4 Å². The van der Waals surface area contributed by atoms with Gasteiger partial charge in [0.25, 0.3) is 0 Å². The second-order valence-electron chi connectivity index (χ2n) is 6.71. The number of aryl methyl sites for hydroxylation is 1. The van der Waals surface area contributed by atoms with Crippen molar-refractivity contribution in [3.05, 3.63) is 83.2 Å². The minimum absolute atomic E-state index is 0.192. The lowest BCUT2D eigenvalue weighted by Crippen LogP contribution is -2.36. The molecular weight excluding hydrogens is 352 g/mol. The summed E-state index contributed by atoms with van der Waals surface area (Å²) < 4.78 is 7.24. The minimum Gasteiger partial charge on any atom is -0.496 e. The molecule has 28 heavy (non-hydrogen) atoms. The zero-order chi connectivity index (χ0) is 19.8. The molecule has 3 aromatic rings. The van der Waals surface area contributed by atoms with Gasteiger partial charge in [0.2, 0.25) is 0 Å². The summed E-state index contributed by atoms with van der Waals surface area (Å²) in [6.07, 6.45) is 4.44. The summed E-state index contributed by atoms with van der Waals surface area (Å²) in [6.45, 7) is 3.74. The molecule has 0 saturated carbocycles. The standard InChI is InChI=1S/C22H26N4O2/c1-17-8-9-21(28-2)20(12-17)10-11-23-22(27)24-13-19-14-25-26(16-19)15-18-6-4-3-5-7-18/h3-9,12,14,16H,10-11,13,15H2,1-2H3,(H2,23,24,27). The summed E-state index contributed by atoms with van der Waals surface area (Å²) in [4.78, 5) is 12.0. The monoisotopic (exact) mass is 378 g/mol. The van der Waals surface area contributed by atoms with Crippen LogP contribution in [-0.2, 0) is 19.5 Å². The van der Waals surface area contributed by atoms with Crippen LogP contribution in [0.1, 0.15) is 22.3 Å². The molecule has 3 rings (SSSR count). The van der Waals surface area contributed by atoms with Gasteiger partial charge in [-0.05, 0) is 30.5 Å². The largest absolute Gasteiger partial charge is 0.496 e. The Morgan fingerprint density at radius 3 is 2.71 bits per heavy atom. The summed E-state index contributed by atoms with van der Waals surface area (Å²) in [5, 5.41) is 10.1. The van der Waals surface area contributed by atoms with Gasteiger partial charge in [-0.3, -0.25) is 4.68 Å². The minimum atomic E-state index is -0.192. The molecular formula is C22H26N4O2. The zero-order valence-electron chi connectivity index (χ0n) is 16.3. The van der Waals surface area contributed by atoms with Crippen LogP contribution in [0.3, 0.4) is 0 Å². The van der Waals surface area contributed by atoms with Gasteiger partial charge in [0.05, 0.1) is 19.9 Å².